The van der Waals surface area contributed by atoms with Crippen LogP contribution in [0.3, 0.4) is 0 Å². The molecule has 0 aliphatic rings. The molecule has 0 bridgehead atoms. The molecule has 1 rings (SSSR count). The summed E-state index contributed by atoms with van der Waals surface area (Å²) in [7, 11) is -0.792. The van der Waals surface area contributed by atoms with Gasteiger partial charge in [0.1, 0.15) is 0 Å². The highest BCUT2D eigenvalue weighted by Crippen LogP contribution is 2.19. The maximum atomic E-state index is 11.9. The van der Waals surface area contributed by atoms with Crippen LogP contribution < -0.4 is 5.32 Å². The lowest BCUT2D eigenvalue weighted by atomic mass is 10.1. The Kier molecular flexibility index (Phi) is 5.85. The molecule has 0 aromatic heterocycles. The molecular weight excluding hydrogens is 302 g/mol. The summed E-state index contributed by atoms with van der Waals surface area (Å²) in [5, 5.41) is 2.83. The van der Waals surface area contributed by atoms with Crippen LogP contribution in [-0.4, -0.2) is 28.7 Å². The zero-order valence-electron chi connectivity index (χ0n) is 9.96. The minimum Gasteiger partial charge on any atom is -0.352 e. The highest BCUT2D eigenvalue weighted by molar-refractivity contribution is 9.10. The van der Waals surface area contributed by atoms with Crippen molar-refractivity contribution in [3.8, 4) is 0 Å². The van der Waals surface area contributed by atoms with Gasteiger partial charge in [0.05, 0.1) is 0 Å². The Balaban J connectivity index is 2.53. The summed E-state index contributed by atoms with van der Waals surface area (Å²) in [6.07, 6.45) is 2.40. The highest BCUT2D eigenvalue weighted by Gasteiger charge is 2.09. The molecule has 1 N–H and O–H groups in total. The van der Waals surface area contributed by atoms with Gasteiger partial charge in [0.25, 0.3) is 5.91 Å². The molecule has 0 radical (unpaired) electrons. The topological polar surface area (TPSA) is 46.2 Å². The molecule has 0 saturated heterocycles. The third-order valence-electron chi connectivity index (χ3n) is 2.41. The molecule has 0 saturated carbocycles. The van der Waals surface area contributed by atoms with Gasteiger partial charge in [0, 0.05) is 39.4 Å². The molecule has 0 aliphatic heterocycles. The fourth-order valence-corrected chi connectivity index (χ4v) is 2.34. The van der Waals surface area contributed by atoms with E-state index in [1.807, 2.05) is 19.1 Å². The summed E-state index contributed by atoms with van der Waals surface area (Å²) in [6, 6.07) is 5.55. The van der Waals surface area contributed by atoms with E-state index in [1.165, 1.54) is 0 Å². The van der Waals surface area contributed by atoms with Crippen molar-refractivity contribution in [3.63, 3.8) is 0 Å². The van der Waals surface area contributed by atoms with Crippen LogP contribution in [0.15, 0.2) is 22.7 Å². The third kappa shape index (κ3) is 4.60. The van der Waals surface area contributed by atoms with Gasteiger partial charge in [-0.1, -0.05) is 22.0 Å². The maximum Gasteiger partial charge on any atom is 0.251 e. The van der Waals surface area contributed by atoms with Crippen LogP contribution in [0.2, 0.25) is 0 Å². The Morgan fingerprint density at radius 3 is 2.82 bits per heavy atom. The Morgan fingerprint density at radius 1 is 1.47 bits per heavy atom. The molecule has 1 aromatic rings. The molecule has 0 heterocycles. The molecule has 1 aromatic carbocycles. The Hall–Kier alpha value is -0.680. The average Bonchev–Trinajstić information content (AvgIpc) is 2.27. The van der Waals surface area contributed by atoms with Crippen molar-refractivity contribution in [1.82, 2.24) is 5.32 Å². The number of carbonyl (C=O) groups excluding carboxylic acids is 1. The number of benzene rings is 1. The second-order valence-electron chi connectivity index (χ2n) is 3.80. The van der Waals surface area contributed by atoms with Gasteiger partial charge >= 0.3 is 0 Å². The first-order chi connectivity index (χ1) is 8.02. The van der Waals surface area contributed by atoms with E-state index in [0.717, 1.165) is 16.5 Å². The predicted octanol–water partition coefficient (Wildman–Crippen LogP) is 2.26. The molecule has 0 fully saturated rings. The average molecular weight is 318 g/mol. The summed E-state index contributed by atoms with van der Waals surface area (Å²) in [4.78, 5) is 11.9. The van der Waals surface area contributed by atoms with Crippen molar-refractivity contribution in [3.05, 3.63) is 33.8 Å². The van der Waals surface area contributed by atoms with Gasteiger partial charge in [-0.15, -0.1) is 0 Å². The number of carbonyl (C=O) groups is 1. The fraction of sp³-hybridized carbons (Fsp3) is 0.417. The van der Waals surface area contributed by atoms with Crippen LogP contribution in [0.25, 0.3) is 0 Å². The number of hydrogen-bond donors (Lipinski definition) is 1. The molecule has 1 atom stereocenters. The minimum atomic E-state index is -0.792. The molecular formula is C12H16BrNO2S. The monoisotopic (exact) mass is 317 g/mol. The van der Waals surface area contributed by atoms with Crippen molar-refractivity contribution in [2.75, 3.05) is 18.6 Å². The lowest BCUT2D eigenvalue weighted by Gasteiger charge is -2.08. The summed E-state index contributed by atoms with van der Waals surface area (Å²) >= 11 is 3.40. The third-order valence-corrected chi connectivity index (χ3v) is 4.13. The second-order valence-corrected chi connectivity index (χ2v) is 6.21. The van der Waals surface area contributed by atoms with E-state index < -0.39 is 10.8 Å². The van der Waals surface area contributed by atoms with Crippen LogP contribution in [0, 0.1) is 6.92 Å². The van der Waals surface area contributed by atoms with Crippen LogP contribution in [0.5, 0.6) is 0 Å². The molecule has 3 nitrogen and oxygen atoms in total. The first-order valence-corrected chi connectivity index (χ1v) is 7.87. The van der Waals surface area contributed by atoms with E-state index in [4.69, 9.17) is 0 Å². The molecule has 1 unspecified atom stereocenters. The summed E-state index contributed by atoms with van der Waals surface area (Å²) in [5.74, 6) is 0.545. The predicted molar refractivity (Wildman–Crippen MR) is 74.8 cm³/mol. The van der Waals surface area contributed by atoms with Crippen molar-refractivity contribution in [1.29, 1.82) is 0 Å². The van der Waals surface area contributed by atoms with Gasteiger partial charge in [-0.3, -0.25) is 9.00 Å². The van der Waals surface area contributed by atoms with Crippen LogP contribution in [0.4, 0.5) is 0 Å². The van der Waals surface area contributed by atoms with Crippen molar-refractivity contribution < 1.29 is 9.00 Å². The van der Waals surface area contributed by atoms with Gasteiger partial charge in [-0.2, -0.15) is 0 Å². The number of hydrogen-bond acceptors (Lipinski definition) is 2. The zero-order valence-corrected chi connectivity index (χ0v) is 12.4. The van der Waals surface area contributed by atoms with Gasteiger partial charge in [0.15, 0.2) is 0 Å². The molecule has 17 heavy (non-hydrogen) atoms. The quantitative estimate of drug-likeness (QED) is 0.847. The molecule has 5 heteroatoms. The van der Waals surface area contributed by atoms with Crippen LogP contribution >= 0.6 is 15.9 Å². The van der Waals surface area contributed by atoms with E-state index in [1.54, 1.807) is 12.3 Å². The fourth-order valence-electron chi connectivity index (χ4n) is 1.43. The standard InChI is InChI=1S/C12H16BrNO2S/c1-9-10(5-3-6-11(9)13)12(15)14-7-4-8-17(2)16/h3,5-6H,4,7-8H2,1-2H3,(H,14,15). The van der Waals surface area contributed by atoms with E-state index in [2.05, 4.69) is 21.2 Å². The smallest absolute Gasteiger partial charge is 0.251 e. The number of halogens is 1. The maximum absolute atomic E-state index is 11.9. The first kappa shape index (κ1) is 14.4. The van der Waals surface area contributed by atoms with E-state index in [9.17, 15) is 9.00 Å². The summed E-state index contributed by atoms with van der Waals surface area (Å²) in [5.41, 5.74) is 1.61. The zero-order chi connectivity index (χ0) is 12.8. The molecule has 1 amide bonds. The Labute approximate surface area is 113 Å². The second kappa shape index (κ2) is 6.91. The normalized spacial score (nSPS) is 12.2. The molecule has 0 spiro atoms. The van der Waals surface area contributed by atoms with E-state index in [0.29, 0.717) is 17.9 Å². The number of nitrogens with one attached hydrogen (secondary N) is 1. The largest absolute Gasteiger partial charge is 0.352 e. The SMILES string of the molecule is Cc1c(Br)cccc1C(=O)NCCCS(C)=O. The Bertz CT molecular complexity index is 435. The van der Waals surface area contributed by atoms with E-state index in [-0.39, 0.29) is 5.91 Å². The first-order valence-electron chi connectivity index (χ1n) is 5.35. The summed E-state index contributed by atoms with van der Waals surface area (Å²) in [6.45, 7) is 2.46. The summed E-state index contributed by atoms with van der Waals surface area (Å²) < 4.78 is 11.8. The van der Waals surface area contributed by atoms with Crippen molar-refractivity contribution in [2.45, 2.75) is 13.3 Å². The van der Waals surface area contributed by atoms with Gasteiger partial charge in [-0.05, 0) is 31.0 Å². The lowest BCUT2D eigenvalue weighted by molar-refractivity contribution is 0.0953. The Morgan fingerprint density at radius 2 is 2.18 bits per heavy atom. The van der Waals surface area contributed by atoms with Crippen molar-refractivity contribution >= 4 is 32.6 Å². The lowest BCUT2D eigenvalue weighted by Crippen LogP contribution is -2.26. The van der Waals surface area contributed by atoms with Gasteiger partial charge in [0.2, 0.25) is 0 Å². The van der Waals surface area contributed by atoms with Crippen molar-refractivity contribution in [2.24, 2.45) is 0 Å². The van der Waals surface area contributed by atoms with Gasteiger partial charge in [-0.25, -0.2) is 0 Å². The number of rotatable bonds is 5. The minimum absolute atomic E-state index is 0.0781. The molecule has 94 valence electrons. The van der Waals surface area contributed by atoms with E-state index >= 15 is 0 Å². The van der Waals surface area contributed by atoms with Gasteiger partial charge < -0.3 is 5.32 Å². The molecule has 0 aliphatic carbocycles. The highest BCUT2D eigenvalue weighted by atomic mass is 79.9. The van der Waals surface area contributed by atoms with Crippen LogP contribution in [0.1, 0.15) is 22.3 Å². The number of amides is 1. The van der Waals surface area contributed by atoms with Crippen LogP contribution in [-0.2, 0) is 10.8 Å².